The van der Waals surface area contributed by atoms with E-state index in [0.717, 1.165) is 10.2 Å². The number of ether oxygens (including phenoxy) is 1. The molecule has 0 aliphatic carbocycles. The van der Waals surface area contributed by atoms with Gasteiger partial charge in [0.1, 0.15) is 5.75 Å². The molecule has 1 atom stereocenters. The average molecular weight is 378 g/mol. The van der Waals surface area contributed by atoms with Gasteiger partial charge in [-0.25, -0.2) is 0 Å². The molecular formula is C15H22Br2O. The molecule has 0 aromatic heterocycles. The molecule has 1 aromatic carbocycles. The van der Waals surface area contributed by atoms with E-state index in [1.807, 2.05) is 12.1 Å². The summed E-state index contributed by atoms with van der Waals surface area (Å²) < 4.78 is 6.33. The first kappa shape index (κ1) is 16.0. The van der Waals surface area contributed by atoms with Gasteiger partial charge in [-0.05, 0) is 24.1 Å². The first-order chi connectivity index (χ1) is 8.69. The quantitative estimate of drug-likeness (QED) is 0.384. The maximum atomic E-state index is 5.21. The summed E-state index contributed by atoms with van der Waals surface area (Å²) in [6, 6.07) is 6.18. The fraction of sp³-hybridized carbons (Fsp3) is 0.600. The van der Waals surface area contributed by atoms with Gasteiger partial charge < -0.3 is 4.74 Å². The molecule has 3 heteroatoms. The van der Waals surface area contributed by atoms with Gasteiger partial charge in [0.15, 0.2) is 0 Å². The summed E-state index contributed by atoms with van der Waals surface area (Å²) in [6.07, 6.45) is 7.84. The van der Waals surface area contributed by atoms with E-state index in [9.17, 15) is 0 Å². The fourth-order valence-corrected chi connectivity index (χ4v) is 3.64. The normalized spacial score (nSPS) is 12.4. The second kappa shape index (κ2) is 8.98. The Hall–Kier alpha value is -0.0200. The van der Waals surface area contributed by atoms with E-state index in [-0.39, 0.29) is 0 Å². The summed E-state index contributed by atoms with van der Waals surface area (Å²) in [5.41, 5.74) is 1.31. The molecule has 0 aliphatic rings. The SMILES string of the molecule is CCCCCCCC(Br)c1ccc(OC)cc1Br. The van der Waals surface area contributed by atoms with E-state index in [2.05, 4.69) is 44.8 Å². The number of hydrogen-bond acceptors (Lipinski definition) is 1. The summed E-state index contributed by atoms with van der Waals surface area (Å²) in [4.78, 5) is 0.430. The Morgan fingerprint density at radius 3 is 2.50 bits per heavy atom. The molecule has 1 nitrogen and oxygen atoms in total. The number of benzene rings is 1. The van der Waals surface area contributed by atoms with Crippen molar-refractivity contribution in [3.05, 3.63) is 28.2 Å². The second-order valence-electron chi connectivity index (χ2n) is 4.56. The minimum Gasteiger partial charge on any atom is -0.497 e. The molecule has 0 saturated heterocycles. The molecule has 0 N–H and O–H groups in total. The molecule has 1 aromatic rings. The van der Waals surface area contributed by atoms with Crippen molar-refractivity contribution in [3.63, 3.8) is 0 Å². The molecule has 0 heterocycles. The van der Waals surface area contributed by atoms with Crippen molar-refractivity contribution in [3.8, 4) is 5.75 Å². The average Bonchev–Trinajstić information content (AvgIpc) is 2.38. The Morgan fingerprint density at radius 1 is 1.17 bits per heavy atom. The highest BCUT2D eigenvalue weighted by molar-refractivity contribution is 9.11. The summed E-state index contributed by atoms with van der Waals surface area (Å²) in [6.45, 7) is 2.25. The Bertz CT molecular complexity index is 352. The summed E-state index contributed by atoms with van der Waals surface area (Å²) in [5, 5.41) is 0. The molecule has 0 fully saturated rings. The molecule has 0 amide bonds. The molecule has 102 valence electrons. The van der Waals surface area contributed by atoms with Gasteiger partial charge in [0.25, 0.3) is 0 Å². The van der Waals surface area contributed by atoms with Gasteiger partial charge >= 0.3 is 0 Å². The van der Waals surface area contributed by atoms with Crippen LogP contribution in [0.15, 0.2) is 22.7 Å². The number of halogens is 2. The first-order valence-corrected chi connectivity index (χ1v) is 8.37. The van der Waals surface area contributed by atoms with Crippen LogP contribution < -0.4 is 4.74 Å². The topological polar surface area (TPSA) is 9.23 Å². The molecule has 0 bridgehead atoms. The lowest BCUT2D eigenvalue weighted by Gasteiger charge is -2.13. The largest absolute Gasteiger partial charge is 0.497 e. The minimum absolute atomic E-state index is 0.430. The van der Waals surface area contributed by atoms with E-state index in [1.54, 1.807) is 7.11 Å². The molecule has 0 aliphatic heterocycles. The van der Waals surface area contributed by atoms with E-state index < -0.39 is 0 Å². The highest BCUT2D eigenvalue weighted by Crippen LogP contribution is 2.35. The van der Waals surface area contributed by atoms with E-state index in [4.69, 9.17) is 4.74 Å². The zero-order valence-corrected chi connectivity index (χ0v) is 14.4. The van der Waals surface area contributed by atoms with Crippen molar-refractivity contribution in [2.24, 2.45) is 0 Å². The van der Waals surface area contributed by atoms with Gasteiger partial charge in [-0.2, -0.15) is 0 Å². The van der Waals surface area contributed by atoms with Crippen LogP contribution in [0.3, 0.4) is 0 Å². The van der Waals surface area contributed by atoms with Crippen molar-refractivity contribution in [1.82, 2.24) is 0 Å². The summed E-state index contributed by atoms with van der Waals surface area (Å²) in [5.74, 6) is 0.897. The monoisotopic (exact) mass is 376 g/mol. The zero-order chi connectivity index (χ0) is 13.4. The smallest absolute Gasteiger partial charge is 0.120 e. The minimum atomic E-state index is 0.430. The lowest BCUT2D eigenvalue weighted by atomic mass is 10.0. The third kappa shape index (κ3) is 5.31. The lowest BCUT2D eigenvalue weighted by molar-refractivity contribution is 0.414. The van der Waals surface area contributed by atoms with Crippen LogP contribution in [0.1, 0.15) is 55.8 Å². The molecule has 18 heavy (non-hydrogen) atoms. The molecule has 0 radical (unpaired) electrons. The maximum absolute atomic E-state index is 5.21. The Morgan fingerprint density at radius 2 is 1.89 bits per heavy atom. The zero-order valence-electron chi connectivity index (χ0n) is 11.2. The Kier molecular flexibility index (Phi) is 8.00. The highest BCUT2D eigenvalue weighted by atomic mass is 79.9. The van der Waals surface area contributed by atoms with Gasteiger partial charge in [-0.1, -0.05) is 77.0 Å². The Labute approximate surface area is 128 Å². The predicted octanol–water partition coefficient (Wildman–Crippen LogP) is 6.25. The molecule has 1 rings (SSSR count). The van der Waals surface area contributed by atoms with Crippen molar-refractivity contribution < 1.29 is 4.74 Å². The third-order valence-corrected chi connectivity index (χ3v) is 4.74. The van der Waals surface area contributed by atoms with Crippen molar-refractivity contribution in [1.29, 1.82) is 0 Å². The van der Waals surface area contributed by atoms with Crippen LogP contribution in [0.5, 0.6) is 5.75 Å². The molecule has 0 saturated carbocycles. The summed E-state index contributed by atoms with van der Waals surface area (Å²) >= 11 is 7.39. The van der Waals surface area contributed by atoms with Gasteiger partial charge in [0, 0.05) is 9.30 Å². The Balaban J connectivity index is 2.43. The predicted molar refractivity (Wildman–Crippen MR) is 85.7 cm³/mol. The molecular weight excluding hydrogens is 356 g/mol. The number of methoxy groups -OCH3 is 1. The van der Waals surface area contributed by atoms with Gasteiger partial charge in [-0.3, -0.25) is 0 Å². The number of alkyl halides is 1. The highest BCUT2D eigenvalue weighted by Gasteiger charge is 2.11. The third-order valence-electron chi connectivity index (χ3n) is 3.11. The molecule has 0 spiro atoms. The van der Waals surface area contributed by atoms with Crippen molar-refractivity contribution in [2.45, 2.75) is 50.3 Å². The molecule has 1 unspecified atom stereocenters. The maximum Gasteiger partial charge on any atom is 0.120 e. The van der Waals surface area contributed by atoms with Crippen molar-refractivity contribution in [2.75, 3.05) is 7.11 Å². The lowest BCUT2D eigenvalue weighted by Crippen LogP contribution is -1.93. The fourth-order valence-electron chi connectivity index (χ4n) is 1.97. The number of hydrogen-bond donors (Lipinski definition) is 0. The number of unbranched alkanes of at least 4 members (excludes halogenated alkanes) is 4. The first-order valence-electron chi connectivity index (χ1n) is 6.66. The van der Waals surface area contributed by atoms with Gasteiger partial charge in [-0.15, -0.1) is 0 Å². The van der Waals surface area contributed by atoms with Crippen LogP contribution in [0.4, 0.5) is 0 Å². The van der Waals surface area contributed by atoms with Crippen LogP contribution in [0.25, 0.3) is 0 Å². The van der Waals surface area contributed by atoms with Crippen LogP contribution >= 0.6 is 31.9 Å². The standard InChI is InChI=1S/C15H22Br2O/c1-3-4-5-6-7-8-14(16)13-10-9-12(18-2)11-15(13)17/h9-11,14H,3-8H2,1-2H3. The van der Waals surface area contributed by atoms with E-state index >= 15 is 0 Å². The van der Waals surface area contributed by atoms with Gasteiger partial charge in [0.05, 0.1) is 7.11 Å². The van der Waals surface area contributed by atoms with Crippen LogP contribution in [0, 0.1) is 0 Å². The van der Waals surface area contributed by atoms with Crippen molar-refractivity contribution >= 4 is 31.9 Å². The van der Waals surface area contributed by atoms with Gasteiger partial charge in [0.2, 0.25) is 0 Å². The summed E-state index contributed by atoms with van der Waals surface area (Å²) in [7, 11) is 1.70. The van der Waals surface area contributed by atoms with Crippen LogP contribution in [-0.4, -0.2) is 7.11 Å². The number of rotatable bonds is 8. The van der Waals surface area contributed by atoms with Crippen LogP contribution in [0.2, 0.25) is 0 Å². The second-order valence-corrected chi connectivity index (χ2v) is 6.52. The van der Waals surface area contributed by atoms with E-state index in [1.165, 1.54) is 44.1 Å². The van der Waals surface area contributed by atoms with E-state index in [0.29, 0.717) is 4.83 Å². The van der Waals surface area contributed by atoms with Crippen LogP contribution in [-0.2, 0) is 0 Å².